The molecule has 0 aromatic carbocycles. The van der Waals surface area contributed by atoms with Gasteiger partial charge in [0.1, 0.15) is 5.60 Å². The van der Waals surface area contributed by atoms with E-state index in [0.717, 1.165) is 25.9 Å². The van der Waals surface area contributed by atoms with E-state index in [9.17, 15) is 9.90 Å². The zero-order valence-corrected chi connectivity index (χ0v) is 11.7. The number of hydrogen-bond donors (Lipinski definition) is 1. The summed E-state index contributed by atoms with van der Waals surface area (Å²) < 4.78 is 0. The molecule has 0 spiro atoms. The summed E-state index contributed by atoms with van der Waals surface area (Å²) in [5.41, 5.74) is -1.27. The highest BCUT2D eigenvalue weighted by Gasteiger charge is 2.39. The van der Waals surface area contributed by atoms with E-state index in [1.54, 1.807) is 13.8 Å². The number of hydrogen-bond acceptors (Lipinski definition) is 3. The molecule has 1 aliphatic heterocycles. The molecule has 0 bridgehead atoms. The molecule has 4 nitrogen and oxygen atoms in total. The third-order valence-corrected chi connectivity index (χ3v) is 3.53. The Morgan fingerprint density at radius 3 is 1.94 bits per heavy atom. The Hall–Kier alpha value is -0.610. The molecule has 1 N–H and O–H groups in total. The van der Waals surface area contributed by atoms with Crippen LogP contribution < -0.4 is 0 Å². The number of carbonyl (C=O) groups is 1. The zero-order chi connectivity index (χ0) is 13.2. The maximum Gasteiger partial charge on any atom is 0.254 e. The number of rotatable bonds is 3. The number of amides is 1. The minimum Gasteiger partial charge on any atom is -0.381 e. The first-order valence-electron chi connectivity index (χ1n) is 6.54. The van der Waals surface area contributed by atoms with Crippen LogP contribution in [0.1, 0.15) is 40.5 Å². The van der Waals surface area contributed by atoms with E-state index in [1.807, 2.05) is 4.90 Å². The van der Waals surface area contributed by atoms with Gasteiger partial charge in [-0.1, -0.05) is 13.8 Å². The molecule has 0 aromatic rings. The molecule has 0 aromatic heterocycles. The molecule has 17 heavy (non-hydrogen) atoms. The van der Waals surface area contributed by atoms with E-state index in [1.165, 1.54) is 0 Å². The Labute approximate surface area is 105 Å². The minimum absolute atomic E-state index is 0.135. The SMILES string of the molecule is CCC1CN(C)CC(CC)N1C(=O)C(C)(C)O. The highest BCUT2D eigenvalue weighted by atomic mass is 16.3. The van der Waals surface area contributed by atoms with Crippen LogP contribution in [0.4, 0.5) is 0 Å². The second-order valence-corrected chi connectivity index (χ2v) is 5.62. The van der Waals surface area contributed by atoms with E-state index in [2.05, 4.69) is 25.8 Å². The van der Waals surface area contributed by atoms with Crippen LogP contribution in [-0.4, -0.2) is 58.6 Å². The Balaban J connectivity index is 2.93. The van der Waals surface area contributed by atoms with Crippen molar-refractivity contribution in [2.75, 3.05) is 20.1 Å². The maximum atomic E-state index is 12.3. The van der Waals surface area contributed by atoms with E-state index >= 15 is 0 Å². The summed E-state index contributed by atoms with van der Waals surface area (Å²) in [6.45, 7) is 9.15. The number of likely N-dealkylation sites (N-methyl/N-ethyl adjacent to an activating group) is 1. The van der Waals surface area contributed by atoms with Gasteiger partial charge in [-0.25, -0.2) is 0 Å². The lowest BCUT2D eigenvalue weighted by molar-refractivity contribution is -0.157. The molecule has 4 heteroatoms. The van der Waals surface area contributed by atoms with E-state index < -0.39 is 5.60 Å². The number of carbonyl (C=O) groups excluding carboxylic acids is 1. The molecule has 2 atom stereocenters. The van der Waals surface area contributed by atoms with Gasteiger partial charge in [0, 0.05) is 25.2 Å². The highest BCUT2D eigenvalue weighted by molar-refractivity contribution is 5.84. The first kappa shape index (κ1) is 14.5. The second-order valence-electron chi connectivity index (χ2n) is 5.62. The molecule has 0 aliphatic carbocycles. The second kappa shape index (κ2) is 5.36. The molecule has 100 valence electrons. The summed E-state index contributed by atoms with van der Waals surface area (Å²) in [6, 6.07) is 0.440. The minimum atomic E-state index is -1.27. The first-order chi connectivity index (χ1) is 7.81. The van der Waals surface area contributed by atoms with E-state index in [0.29, 0.717) is 0 Å². The molecule has 1 saturated heterocycles. The topological polar surface area (TPSA) is 43.8 Å². The summed E-state index contributed by atoms with van der Waals surface area (Å²) in [5.74, 6) is -0.135. The largest absolute Gasteiger partial charge is 0.381 e. The molecule has 1 fully saturated rings. The van der Waals surface area contributed by atoms with Gasteiger partial charge in [0.05, 0.1) is 0 Å². The monoisotopic (exact) mass is 242 g/mol. The predicted molar refractivity (Wildman–Crippen MR) is 68.8 cm³/mol. The average molecular weight is 242 g/mol. The fourth-order valence-corrected chi connectivity index (χ4v) is 2.57. The molecule has 0 radical (unpaired) electrons. The van der Waals surface area contributed by atoms with Crippen molar-refractivity contribution >= 4 is 5.91 Å². The van der Waals surface area contributed by atoms with Gasteiger partial charge in [0.2, 0.25) is 0 Å². The average Bonchev–Trinajstić information content (AvgIpc) is 2.25. The van der Waals surface area contributed by atoms with E-state index in [-0.39, 0.29) is 18.0 Å². The van der Waals surface area contributed by atoms with Crippen LogP contribution in [0.2, 0.25) is 0 Å². The lowest BCUT2D eigenvalue weighted by Crippen LogP contribution is -2.62. The van der Waals surface area contributed by atoms with Crippen LogP contribution in [0, 0.1) is 0 Å². The standard InChI is InChI=1S/C13H26N2O2/c1-6-10-8-14(5)9-11(7-2)15(10)12(16)13(3,4)17/h10-11,17H,6-9H2,1-5H3. The van der Waals surface area contributed by atoms with Crippen molar-refractivity contribution in [1.82, 2.24) is 9.80 Å². The molecular weight excluding hydrogens is 216 g/mol. The third kappa shape index (κ3) is 3.19. The molecule has 1 aliphatic rings. The fraction of sp³-hybridized carbons (Fsp3) is 0.923. The van der Waals surface area contributed by atoms with Crippen molar-refractivity contribution in [3.05, 3.63) is 0 Å². The van der Waals surface area contributed by atoms with Crippen LogP contribution in [0.3, 0.4) is 0 Å². The van der Waals surface area contributed by atoms with Gasteiger partial charge in [-0.15, -0.1) is 0 Å². The van der Waals surface area contributed by atoms with Gasteiger partial charge in [-0.2, -0.15) is 0 Å². The predicted octanol–water partition coefficient (Wildman–Crippen LogP) is 1.09. The fourth-order valence-electron chi connectivity index (χ4n) is 2.57. The molecule has 2 unspecified atom stereocenters. The number of nitrogens with zero attached hydrogens (tertiary/aromatic N) is 2. The normalized spacial score (nSPS) is 27.3. The quantitative estimate of drug-likeness (QED) is 0.805. The summed E-state index contributed by atoms with van der Waals surface area (Å²) in [4.78, 5) is 16.5. The van der Waals surface area contributed by atoms with Crippen molar-refractivity contribution in [3.63, 3.8) is 0 Å². The molecule has 1 amide bonds. The Kier molecular flexibility index (Phi) is 4.55. The number of piperazine rings is 1. The summed E-state index contributed by atoms with van der Waals surface area (Å²) >= 11 is 0. The lowest BCUT2D eigenvalue weighted by atomic mass is 9.98. The summed E-state index contributed by atoms with van der Waals surface area (Å²) in [5, 5.41) is 9.93. The van der Waals surface area contributed by atoms with Gasteiger partial charge in [0.15, 0.2) is 0 Å². The van der Waals surface area contributed by atoms with Gasteiger partial charge in [-0.3, -0.25) is 4.79 Å². The maximum absolute atomic E-state index is 12.3. The smallest absolute Gasteiger partial charge is 0.254 e. The number of aliphatic hydroxyl groups is 1. The van der Waals surface area contributed by atoms with E-state index in [4.69, 9.17) is 0 Å². The van der Waals surface area contributed by atoms with Crippen molar-refractivity contribution in [2.45, 2.75) is 58.2 Å². The summed E-state index contributed by atoms with van der Waals surface area (Å²) in [7, 11) is 2.09. The third-order valence-electron chi connectivity index (χ3n) is 3.53. The molecule has 0 saturated carbocycles. The summed E-state index contributed by atoms with van der Waals surface area (Å²) in [6.07, 6.45) is 1.87. The molecule has 1 heterocycles. The van der Waals surface area contributed by atoms with Crippen LogP contribution in [0.15, 0.2) is 0 Å². The van der Waals surface area contributed by atoms with Gasteiger partial charge >= 0.3 is 0 Å². The first-order valence-corrected chi connectivity index (χ1v) is 6.54. The zero-order valence-electron chi connectivity index (χ0n) is 11.7. The van der Waals surface area contributed by atoms with Gasteiger partial charge in [-0.05, 0) is 33.7 Å². The van der Waals surface area contributed by atoms with Crippen molar-refractivity contribution < 1.29 is 9.90 Å². The van der Waals surface area contributed by atoms with Crippen LogP contribution in [-0.2, 0) is 4.79 Å². The Morgan fingerprint density at radius 2 is 1.65 bits per heavy atom. The van der Waals surface area contributed by atoms with Crippen LogP contribution in [0.5, 0.6) is 0 Å². The van der Waals surface area contributed by atoms with Crippen LogP contribution in [0.25, 0.3) is 0 Å². The Morgan fingerprint density at radius 1 is 1.24 bits per heavy atom. The van der Waals surface area contributed by atoms with Crippen LogP contribution >= 0.6 is 0 Å². The van der Waals surface area contributed by atoms with Gasteiger partial charge in [0.25, 0.3) is 5.91 Å². The van der Waals surface area contributed by atoms with Crippen molar-refractivity contribution in [1.29, 1.82) is 0 Å². The highest BCUT2D eigenvalue weighted by Crippen LogP contribution is 2.23. The molecular formula is C13H26N2O2. The molecule has 1 rings (SSSR count). The Bertz CT molecular complexity index is 259. The van der Waals surface area contributed by atoms with Crippen molar-refractivity contribution in [2.24, 2.45) is 0 Å². The van der Waals surface area contributed by atoms with Crippen molar-refractivity contribution in [3.8, 4) is 0 Å². The lowest BCUT2D eigenvalue weighted by Gasteiger charge is -2.47. The van der Waals surface area contributed by atoms with Gasteiger partial charge < -0.3 is 14.9 Å².